The smallest absolute Gasteiger partial charge is 0.201 e. The maximum absolute atomic E-state index is 13.6. The van der Waals surface area contributed by atoms with E-state index in [1.807, 2.05) is 6.07 Å². The van der Waals surface area contributed by atoms with Crippen LogP contribution in [0.15, 0.2) is 12.1 Å². The molecule has 0 amide bonds. The Labute approximate surface area is 112 Å². The molecule has 1 aromatic heterocycles. The van der Waals surface area contributed by atoms with E-state index in [1.54, 1.807) is 6.92 Å². The van der Waals surface area contributed by atoms with Crippen LogP contribution in [-0.2, 0) is 6.54 Å². The molecule has 1 heterocycles. The van der Waals surface area contributed by atoms with Gasteiger partial charge < -0.3 is 10.3 Å². The zero-order valence-corrected chi connectivity index (χ0v) is 11.5. The number of halogens is 1. The van der Waals surface area contributed by atoms with E-state index >= 15 is 0 Å². The normalized spacial score (nSPS) is 17.0. The van der Waals surface area contributed by atoms with E-state index in [-0.39, 0.29) is 5.82 Å². The van der Waals surface area contributed by atoms with E-state index in [0.29, 0.717) is 22.4 Å². The van der Waals surface area contributed by atoms with Gasteiger partial charge in [0.2, 0.25) is 5.95 Å². The summed E-state index contributed by atoms with van der Waals surface area (Å²) in [7, 11) is 0. The van der Waals surface area contributed by atoms with Gasteiger partial charge in [0, 0.05) is 12.6 Å². The fraction of sp³-hybridized carbons (Fsp3) is 0.533. The Hall–Kier alpha value is -1.58. The maximum Gasteiger partial charge on any atom is 0.201 e. The minimum absolute atomic E-state index is 0.216. The SMILES string of the molecule is CCCC1(Cn2c(N)nc3cc(F)c(C)cc32)CC1. The van der Waals surface area contributed by atoms with Crippen molar-refractivity contribution in [1.82, 2.24) is 9.55 Å². The van der Waals surface area contributed by atoms with Gasteiger partial charge >= 0.3 is 0 Å². The molecule has 3 rings (SSSR count). The third kappa shape index (κ3) is 2.09. The number of hydrogen-bond donors (Lipinski definition) is 1. The molecule has 2 aromatic rings. The molecule has 1 aliphatic carbocycles. The fourth-order valence-corrected chi connectivity index (χ4v) is 2.96. The van der Waals surface area contributed by atoms with Gasteiger partial charge in [-0.3, -0.25) is 0 Å². The van der Waals surface area contributed by atoms with Crippen molar-refractivity contribution in [2.24, 2.45) is 5.41 Å². The van der Waals surface area contributed by atoms with Crippen molar-refractivity contribution in [2.45, 2.75) is 46.1 Å². The molecular weight excluding hydrogens is 241 g/mol. The van der Waals surface area contributed by atoms with E-state index in [4.69, 9.17) is 5.73 Å². The predicted molar refractivity (Wildman–Crippen MR) is 75.4 cm³/mol. The molecule has 1 aliphatic rings. The van der Waals surface area contributed by atoms with Gasteiger partial charge in [0.25, 0.3) is 0 Å². The van der Waals surface area contributed by atoms with Crippen LogP contribution in [0.3, 0.4) is 0 Å². The number of benzene rings is 1. The molecule has 0 bridgehead atoms. The summed E-state index contributed by atoms with van der Waals surface area (Å²) in [6, 6.07) is 3.34. The molecule has 2 N–H and O–H groups in total. The number of aromatic nitrogens is 2. The first-order valence-corrected chi connectivity index (χ1v) is 6.96. The Kier molecular flexibility index (Phi) is 2.77. The molecule has 102 valence electrons. The molecular formula is C15H20FN3. The first kappa shape index (κ1) is 12.5. The Morgan fingerprint density at radius 2 is 2.16 bits per heavy atom. The van der Waals surface area contributed by atoms with Crippen LogP contribution in [0.1, 0.15) is 38.2 Å². The van der Waals surface area contributed by atoms with Crippen LogP contribution < -0.4 is 5.73 Å². The lowest BCUT2D eigenvalue weighted by molar-refractivity contribution is 0.396. The van der Waals surface area contributed by atoms with E-state index in [1.165, 1.54) is 31.7 Å². The maximum atomic E-state index is 13.6. The Morgan fingerprint density at radius 3 is 2.79 bits per heavy atom. The van der Waals surface area contributed by atoms with Gasteiger partial charge in [-0.25, -0.2) is 9.37 Å². The van der Waals surface area contributed by atoms with Crippen molar-refractivity contribution in [1.29, 1.82) is 0 Å². The number of rotatable bonds is 4. The quantitative estimate of drug-likeness (QED) is 0.913. The minimum atomic E-state index is -0.216. The number of anilines is 1. The summed E-state index contributed by atoms with van der Waals surface area (Å²) in [5, 5.41) is 0. The summed E-state index contributed by atoms with van der Waals surface area (Å²) in [4.78, 5) is 4.29. The molecule has 0 aliphatic heterocycles. The topological polar surface area (TPSA) is 43.8 Å². The average molecular weight is 261 g/mol. The van der Waals surface area contributed by atoms with Gasteiger partial charge in [0.15, 0.2) is 0 Å². The highest BCUT2D eigenvalue weighted by molar-refractivity contribution is 5.79. The van der Waals surface area contributed by atoms with Gasteiger partial charge in [-0.15, -0.1) is 0 Å². The third-order valence-electron chi connectivity index (χ3n) is 4.29. The number of aryl methyl sites for hydroxylation is 1. The third-order valence-corrected chi connectivity index (χ3v) is 4.29. The van der Waals surface area contributed by atoms with Gasteiger partial charge in [-0.05, 0) is 43.2 Å². The number of nitrogens with zero attached hydrogens (tertiary/aromatic N) is 2. The van der Waals surface area contributed by atoms with Crippen molar-refractivity contribution in [3.05, 3.63) is 23.5 Å². The molecule has 0 spiro atoms. The van der Waals surface area contributed by atoms with Crippen LogP contribution in [0, 0.1) is 18.2 Å². The first-order valence-electron chi connectivity index (χ1n) is 6.96. The molecule has 0 saturated heterocycles. The van der Waals surface area contributed by atoms with Crippen molar-refractivity contribution < 1.29 is 4.39 Å². The number of nitrogen functional groups attached to an aromatic ring is 1. The van der Waals surface area contributed by atoms with E-state index in [0.717, 1.165) is 12.1 Å². The average Bonchev–Trinajstić information content (AvgIpc) is 3.05. The Balaban J connectivity index is 2.03. The molecule has 0 atom stereocenters. The summed E-state index contributed by atoms with van der Waals surface area (Å²) in [6.07, 6.45) is 4.95. The summed E-state index contributed by atoms with van der Waals surface area (Å²) < 4.78 is 15.6. The molecule has 4 heteroatoms. The number of imidazole rings is 1. The van der Waals surface area contributed by atoms with E-state index < -0.39 is 0 Å². The lowest BCUT2D eigenvalue weighted by Crippen LogP contribution is -2.13. The van der Waals surface area contributed by atoms with Crippen LogP contribution in [0.25, 0.3) is 11.0 Å². The highest BCUT2D eigenvalue weighted by Crippen LogP contribution is 2.51. The second-order valence-electron chi connectivity index (χ2n) is 5.90. The number of nitrogens with two attached hydrogens (primary N) is 1. The summed E-state index contributed by atoms with van der Waals surface area (Å²) >= 11 is 0. The van der Waals surface area contributed by atoms with Gasteiger partial charge in [0.1, 0.15) is 5.82 Å². The molecule has 1 saturated carbocycles. The largest absolute Gasteiger partial charge is 0.369 e. The fourth-order valence-electron chi connectivity index (χ4n) is 2.96. The van der Waals surface area contributed by atoms with Crippen LogP contribution >= 0.6 is 0 Å². The van der Waals surface area contributed by atoms with Crippen LogP contribution in [0.4, 0.5) is 10.3 Å². The van der Waals surface area contributed by atoms with Crippen LogP contribution in [0.2, 0.25) is 0 Å². The Morgan fingerprint density at radius 1 is 1.42 bits per heavy atom. The van der Waals surface area contributed by atoms with Crippen molar-refractivity contribution in [3.8, 4) is 0 Å². The number of hydrogen-bond acceptors (Lipinski definition) is 2. The first-order chi connectivity index (χ1) is 9.04. The number of fused-ring (bicyclic) bond motifs is 1. The monoisotopic (exact) mass is 261 g/mol. The molecule has 0 unspecified atom stereocenters. The predicted octanol–water partition coefficient (Wildman–Crippen LogP) is 3.65. The van der Waals surface area contributed by atoms with Crippen molar-refractivity contribution in [2.75, 3.05) is 5.73 Å². The van der Waals surface area contributed by atoms with Crippen LogP contribution in [-0.4, -0.2) is 9.55 Å². The van der Waals surface area contributed by atoms with Crippen molar-refractivity contribution >= 4 is 17.0 Å². The van der Waals surface area contributed by atoms with Crippen molar-refractivity contribution in [3.63, 3.8) is 0 Å². The van der Waals surface area contributed by atoms with E-state index in [9.17, 15) is 4.39 Å². The van der Waals surface area contributed by atoms with Gasteiger partial charge in [-0.2, -0.15) is 0 Å². The Bertz CT molecular complexity index is 626. The molecule has 19 heavy (non-hydrogen) atoms. The molecule has 1 aromatic carbocycles. The molecule has 1 fully saturated rings. The minimum Gasteiger partial charge on any atom is -0.369 e. The second-order valence-corrected chi connectivity index (χ2v) is 5.90. The van der Waals surface area contributed by atoms with Gasteiger partial charge in [0.05, 0.1) is 11.0 Å². The zero-order valence-electron chi connectivity index (χ0n) is 11.5. The zero-order chi connectivity index (χ0) is 13.6. The standard InChI is InChI=1S/C15H20FN3/c1-3-4-15(5-6-15)9-19-13-7-10(2)11(16)8-12(13)18-14(19)17/h7-8H,3-6,9H2,1-2H3,(H2,17,18). The summed E-state index contributed by atoms with van der Waals surface area (Å²) in [6.45, 7) is 4.91. The highest BCUT2D eigenvalue weighted by atomic mass is 19.1. The lowest BCUT2D eigenvalue weighted by atomic mass is 10.0. The summed E-state index contributed by atoms with van der Waals surface area (Å²) in [5.41, 5.74) is 8.68. The van der Waals surface area contributed by atoms with Crippen LogP contribution in [0.5, 0.6) is 0 Å². The van der Waals surface area contributed by atoms with Gasteiger partial charge in [-0.1, -0.05) is 13.3 Å². The van der Waals surface area contributed by atoms with E-state index in [2.05, 4.69) is 16.5 Å². The summed E-state index contributed by atoms with van der Waals surface area (Å²) in [5.74, 6) is 0.286. The second kappa shape index (κ2) is 4.22. The lowest BCUT2D eigenvalue weighted by Gasteiger charge is -2.16. The molecule has 3 nitrogen and oxygen atoms in total. The molecule has 0 radical (unpaired) electrons. The highest BCUT2D eigenvalue weighted by Gasteiger charge is 2.42.